The molecular formula is C23H42IN5O. The van der Waals surface area contributed by atoms with Crippen molar-refractivity contribution in [2.45, 2.75) is 51.6 Å². The fourth-order valence-electron chi connectivity index (χ4n) is 3.66. The molecule has 1 atom stereocenters. The van der Waals surface area contributed by atoms with Crippen LogP contribution in [0.15, 0.2) is 29.3 Å². The van der Waals surface area contributed by atoms with Gasteiger partial charge in [-0.1, -0.05) is 18.6 Å². The summed E-state index contributed by atoms with van der Waals surface area (Å²) in [5, 5.41) is 6.83. The molecule has 1 unspecified atom stereocenters. The average molecular weight is 532 g/mol. The van der Waals surface area contributed by atoms with Crippen molar-refractivity contribution in [1.29, 1.82) is 0 Å². The van der Waals surface area contributed by atoms with Crippen molar-refractivity contribution in [2.75, 3.05) is 53.9 Å². The van der Waals surface area contributed by atoms with E-state index in [1.54, 1.807) is 0 Å². The molecular weight excluding hydrogens is 489 g/mol. The summed E-state index contributed by atoms with van der Waals surface area (Å²) in [5.41, 5.74) is 1.22. The van der Waals surface area contributed by atoms with Gasteiger partial charge in [0.25, 0.3) is 0 Å². The standard InChI is InChI=1S/C23H41N5O.HI/c1-20-9-5-6-16-28(20)17-7-14-25-23(24-2)26-19-21-10-12-22(13-11-21)29-18-8-15-27(3)4;/h10-13,20H,5-9,14-19H2,1-4H3,(H2,24,25,26);1H. The zero-order valence-electron chi connectivity index (χ0n) is 19.3. The molecule has 0 radical (unpaired) electrons. The normalized spacial score (nSPS) is 17.5. The molecule has 0 saturated carbocycles. The fourth-order valence-corrected chi connectivity index (χ4v) is 3.66. The SMILES string of the molecule is CN=C(NCCCN1CCCCC1C)NCc1ccc(OCCCN(C)C)cc1.I. The fraction of sp³-hybridized carbons (Fsp3) is 0.696. The third-order valence-corrected chi connectivity index (χ3v) is 5.48. The molecule has 1 saturated heterocycles. The summed E-state index contributed by atoms with van der Waals surface area (Å²) in [7, 11) is 5.99. The van der Waals surface area contributed by atoms with Crippen LogP contribution in [0.3, 0.4) is 0 Å². The summed E-state index contributed by atoms with van der Waals surface area (Å²) in [6, 6.07) is 9.05. The van der Waals surface area contributed by atoms with E-state index in [1.807, 2.05) is 19.2 Å². The summed E-state index contributed by atoms with van der Waals surface area (Å²) >= 11 is 0. The number of aliphatic imine (C=N–C) groups is 1. The maximum atomic E-state index is 5.79. The number of rotatable bonds is 11. The number of halogens is 1. The molecule has 1 aliphatic rings. The maximum Gasteiger partial charge on any atom is 0.191 e. The van der Waals surface area contributed by atoms with Gasteiger partial charge in [0.15, 0.2) is 5.96 Å². The van der Waals surface area contributed by atoms with Crippen LogP contribution in [0.4, 0.5) is 0 Å². The van der Waals surface area contributed by atoms with Crippen LogP contribution in [0.5, 0.6) is 5.75 Å². The Bertz CT molecular complexity index is 594. The molecule has 2 rings (SSSR count). The van der Waals surface area contributed by atoms with Crippen LogP contribution in [-0.4, -0.2) is 75.7 Å². The first-order chi connectivity index (χ1) is 14.1. The van der Waals surface area contributed by atoms with Gasteiger partial charge in [0.05, 0.1) is 6.61 Å². The van der Waals surface area contributed by atoms with Gasteiger partial charge in [-0.3, -0.25) is 4.99 Å². The lowest BCUT2D eigenvalue weighted by Gasteiger charge is -2.33. The van der Waals surface area contributed by atoms with E-state index in [0.717, 1.165) is 56.8 Å². The Hall–Kier alpha value is -1.06. The maximum absolute atomic E-state index is 5.79. The first-order valence-corrected chi connectivity index (χ1v) is 11.1. The Morgan fingerprint density at radius 3 is 2.60 bits per heavy atom. The second kappa shape index (κ2) is 15.7. The van der Waals surface area contributed by atoms with Crippen LogP contribution < -0.4 is 15.4 Å². The molecule has 172 valence electrons. The molecule has 1 fully saturated rings. The van der Waals surface area contributed by atoms with Crippen molar-refractivity contribution in [3.63, 3.8) is 0 Å². The summed E-state index contributed by atoms with van der Waals surface area (Å²) < 4.78 is 5.79. The Morgan fingerprint density at radius 1 is 1.17 bits per heavy atom. The minimum absolute atomic E-state index is 0. The lowest BCUT2D eigenvalue weighted by molar-refractivity contribution is 0.159. The smallest absolute Gasteiger partial charge is 0.191 e. The molecule has 1 aromatic carbocycles. The molecule has 1 aliphatic heterocycles. The Labute approximate surface area is 200 Å². The predicted octanol–water partition coefficient (Wildman–Crippen LogP) is 3.56. The summed E-state index contributed by atoms with van der Waals surface area (Å²) in [4.78, 5) is 9.13. The molecule has 0 aliphatic carbocycles. The number of hydrogen-bond acceptors (Lipinski definition) is 4. The second-order valence-corrected chi connectivity index (χ2v) is 8.24. The highest BCUT2D eigenvalue weighted by atomic mass is 127. The van der Waals surface area contributed by atoms with Gasteiger partial charge >= 0.3 is 0 Å². The van der Waals surface area contributed by atoms with Crippen LogP contribution in [-0.2, 0) is 6.54 Å². The molecule has 0 bridgehead atoms. The van der Waals surface area contributed by atoms with Crippen LogP contribution in [0, 0.1) is 0 Å². The van der Waals surface area contributed by atoms with Crippen LogP contribution in [0.1, 0.15) is 44.6 Å². The molecule has 0 aromatic heterocycles. The van der Waals surface area contributed by atoms with Crippen molar-refractivity contribution in [1.82, 2.24) is 20.4 Å². The third-order valence-electron chi connectivity index (χ3n) is 5.48. The minimum Gasteiger partial charge on any atom is -0.494 e. The highest BCUT2D eigenvalue weighted by Gasteiger charge is 2.17. The molecule has 7 heteroatoms. The summed E-state index contributed by atoms with van der Waals surface area (Å²) in [5.74, 6) is 1.79. The van der Waals surface area contributed by atoms with Gasteiger partial charge in [-0.25, -0.2) is 0 Å². The molecule has 30 heavy (non-hydrogen) atoms. The zero-order chi connectivity index (χ0) is 20.9. The van der Waals surface area contributed by atoms with E-state index in [0.29, 0.717) is 0 Å². The largest absolute Gasteiger partial charge is 0.494 e. The zero-order valence-corrected chi connectivity index (χ0v) is 21.7. The van der Waals surface area contributed by atoms with Gasteiger partial charge in [0.2, 0.25) is 0 Å². The second-order valence-electron chi connectivity index (χ2n) is 8.24. The van der Waals surface area contributed by atoms with E-state index < -0.39 is 0 Å². The molecule has 2 N–H and O–H groups in total. The summed E-state index contributed by atoms with van der Waals surface area (Å²) in [6.07, 6.45) is 6.26. The van der Waals surface area contributed by atoms with Gasteiger partial charge in [0.1, 0.15) is 5.75 Å². The number of guanidine groups is 1. The van der Waals surface area contributed by atoms with E-state index in [1.165, 1.54) is 37.9 Å². The van der Waals surface area contributed by atoms with Crippen molar-refractivity contribution in [2.24, 2.45) is 4.99 Å². The topological polar surface area (TPSA) is 52.1 Å². The predicted molar refractivity (Wildman–Crippen MR) is 138 cm³/mol. The van der Waals surface area contributed by atoms with Crippen LogP contribution in [0.25, 0.3) is 0 Å². The van der Waals surface area contributed by atoms with Gasteiger partial charge in [-0.05, 0) is 70.9 Å². The average Bonchev–Trinajstić information content (AvgIpc) is 2.72. The minimum atomic E-state index is 0. The first-order valence-electron chi connectivity index (χ1n) is 11.1. The highest BCUT2D eigenvalue weighted by Crippen LogP contribution is 2.16. The lowest BCUT2D eigenvalue weighted by atomic mass is 10.0. The number of nitrogens with zero attached hydrogens (tertiary/aromatic N) is 3. The Balaban J connectivity index is 0.00000450. The van der Waals surface area contributed by atoms with Crippen molar-refractivity contribution < 1.29 is 4.74 Å². The number of benzene rings is 1. The number of hydrogen-bond donors (Lipinski definition) is 2. The van der Waals surface area contributed by atoms with Crippen LogP contribution >= 0.6 is 24.0 Å². The number of nitrogens with one attached hydrogen (secondary N) is 2. The van der Waals surface area contributed by atoms with Crippen LogP contribution in [0.2, 0.25) is 0 Å². The molecule has 0 spiro atoms. The molecule has 6 nitrogen and oxygen atoms in total. The number of piperidine rings is 1. The van der Waals surface area contributed by atoms with E-state index in [-0.39, 0.29) is 24.0 Å². The highest BCUT2D eigenvalue weighted by molar-refractivity contribution is 14.0. The van der Waals surface area contributed by atoms with E-state index in [9.17, 15) is 0 Å². The van der Waals surface area contributed by atoms with Gasteiger partial charge in [0, 0.05) is 39.3 Å². The van der Waals surface area contributed by atoms with E-state index in [2.05, 4.69) is 58.6 Å². The molecule has 1 aromatic rings. The van der Waals surface area contributed by atoms with Crippen molar-refractivity contribution in [3.8, 4) is 5.75 Å². The third kappa shape index (κ3) is 10.8. The quantitative estimate of drug-likeness (QED) is 0.198. The van der Waals surface area contributed by atoms with Gasteiger partial charge < -0.3 is 25.2 Å². The number of ether oxygens (including phenoxy) is 1. The first kappa shape index (κ1) is 27.0. The van der Waals surface area contributed by atoms with Gasteiger partial charge in [-0.15, -0.1) is 24.0 Å². The monoisotopic (exact) mass is 531 g/mol. The molecule has 0 amide bonds. The summed E-state index contributed by atoms with van der Waals surface area (Å²) in [6.45, 7) is 8.28. The Kier molecular flexibility index (Phi) is 14.1. The molecule has 1 heterocycles. The van der Waals surface area contributed by atoms with Crippen molar-refractivity contribution >= 4 is 29.9 Å². The van der Waals surface area contributed by atoms with E-state index in [4.69, 9.17) is 4.74 Å². The lowest BCUT2D eigenvalue weighted by Crippen LogP contribution is -2.41. The Morgan fingerprint density at radius 2 is 1.93 bits per heavy atom. The van der Waals surface area contributed by atoms with E-state index >= 15 is 0 Å². The van der Waals surface area contributed by atoms with Crippen molar-refractivity contribution in [3.05, 3.63) is 29.8 Å². The number of likely N-dealkylation sites (tertiary alicyclic amines) is 1. The van der Waals surface area contributed by atoms with Gasteiger partial charge in [-0.2, -0.15) is 0 Å².